The average Bonchev–Trinajstić information content (AvgIpc) is 3.45. The summed E-state index contributed by atoms with van der Waals surface area (Å²) < 4.78 is 16.1. The molecule has 3 rings (SSSR count). The molecular formula is C22H27N3O3S. The number of guanidine groups is 1. The summed E-state index contributed by atoms with van der Waals surface area (Å²) in [6, 6.07) is 14.0. The topological polar surface area (TPSA) is 68.0 Å². The van der Waals surface area contributed by atoms with E-state index in [-0.39, 0.29) is 0 Å². The second-order valence-electron chi connectivity index (χ2n) is 6.37. The van der Waals surface area contributed by atoms with Crippen LogP contribution in [0.3, 0.4) is 0 Å². The number of furan rings is 1. The van der Waals surface area contributed by atoms with Gasteiger partial charge in [0.15, 0.2) is 17.5 Å². The number of benzene rings is 1. The Bertz CT molecular complexity index is 835. The van der Waals surface area contributed by atoms with E-state index < -0.39 is 0 Å². The smallest absolute Gasteiger partial charge is 0.191 e. The fraction of sp³-hybridized carbons (Fsp3) is 0.318. The van der Waals surface area contributed by atoms with Crippen molar-refractivity contribution in [2.75, 3.05) is 27.3 Å². The van der Waals surface area contributed by atoms with Gasteiger partial charge in [-0.1, -0.05) is 12.1 Å². The summed E-state index contributed by atoms with van der Waals surface area (Å²) in [6.45, 7) is 2.10. The van der Waals surface area contributed by atoms with Crippen molar-refractivity contribution in [2.45, 2.75) is 19.4 Å². The number of nitrogens with one attached hydrogen (secondary N) is 2. The lowest BCUT2D eigenvalue weighted by Gasteiger charge is -2.13. The SMILES string of the molecule is COc1ccc(CN=C(NCCc2ccco2)NCCc2cccs2)cc1OC. The van der Waals surface area contributed by atoms with Crippen molar-refractivity contribution in [1.82, 2.24) is 10.6 Å². The number of aliphatic imine (C=N–C) groups is 1. The van der Waals surface area contributed by atoms with Crippen LogP contribution >= 0.6 is 11.3 Å². The molecular weight excluding hydrogens is 386 g/mol. The van der Waals surface area contributed by atoms with Crippen molar-refractivity contribution < 1.29 is 13.9 Å². The zero-order valence-electron chi connectivity index (χ0n) is 16.8. The first-order chi connectivity index (χ1) is 14.3. The van der Waals surface area contributed by atoms with Gasteiger partial charge in [-0.25, -0.2) is 4.99 Å². The molecule has 1 aromatic carbocycles. The number of thiophene rings is 1. The second-order valence-corrected chi connectivity index (χ2v) is 7.40. The first-order valence-electron chi connectivity index (χ1n) is 9.56. The van der Waals surface area contributed by atoms with Crippen LogP contribution in [0.4, 0.5) is 0 Å². The normalized spacial score (nSPS) is 11.3. The lowest BCUT2D eigenvalue weighted by atomic mass is 10.2. The molecule has 7 heteroatoms. The maximum absolute atomic E-state index is 5.40. The van der Waals surface area contributed by atoms with Gasteiger partial charge in [-0.3, -0.25) is 0 Å². The van der Waals surface area contributed by atoms with Crippen molar-refractivity contribution in [3.8, 4) is 11.5 Å². The van der Waals surface area contributed by atoms with Crippen LogP contribution in [0.1, 0.15) is 16.2 Å². The highest BCUT2D eigenvalue weighted by atomic mass is 32.1. The molecule has 0 fully saturated rings. The highest BCUT2D eigenvalue weighted by molar-refractivity contribution is 7.09. The van der Waals surface area contributed by atoms with E-state index in [1.807, 2.05) is 30.3 Å². The Morgan fingerprint density at radius 1 is 1.00 bits per heavy atom. The zero-order chi connectivity index (χ0) is 20.3. The van der Waals surface area contributed by atoms with E-state index in [4.69, 9.17) is 18.9 Å². The molecule has 0 unspecified atom stereocenters. The van der Waals surface area contributed by atoms with Gasteiger partial charge in [0.1, 0.15) is 5.76 Å². The molecule has 0 saturated carbocycles. The molecule has 6 nitrogen and oxygen atoms in total. The predicted molar refractivity (Wildman–Crippen MR) is 117 cm³/mol. The van der Waals surface area contributed by atoms with E-state index in [9.17, 15) is 0 Å². The minimum Gasteiger partial charge on any atom is -0.493 e. The number of hydrogen-bond donors (Lipinski definition) is 2. The lowest BCUT2D eigenvalue weighted by Crippen LogP contribution is -2.39. The highest BCUT2D eigenvalue weighted by Crippen LogP contribution is 2.27. The third-order valence-corrected chi connectivity index (χ3v) is 5.29. The number of hydrogen-bond acceptors (Lipinski definition) is 5. The maximum atomic E-state index is 5.40. The summed E-state index contributed by atoms with van der Waals surface area (Å²) in [6.07, 6.45) is 3.46. The Morgan fingerprint density at radius 3 is 2.52 bits per heavy atom. The number of rotatable bonds is 10. The Kier molecular flexibility index (Phi) is 8.01. The van der Waals surface area contributed by atoms with Crippen LogP contribution in [-0.4, -0.2) is 33.3 Å². The quantitative estimate of drug-likeness (QED) is 0.390. The van der Waals surface area contributed by atoms with Gasteiger partial charge in [-0.05, 0) is 47.7 Å². The van der Waals surface area contributed by atoms with Gasteiger partial charge >= 0.3 is 0 Å². The number of nitrogens with zero attached hydrogens (tertiary/aromatic N) is 1. The molecule has 0 aliphatic heterocycles. The van der Waals surface area contributed by atoms with Crippen LogP contribution in [0.2, 0.25) is 0 Å². The van der Waals surface area contributed by atoms with Gasteiger partial charge in [0, 0.05) is 24.4 Å². The van der Waals surface area contributed by atoms with Crippen molar-refractivity contribution >= 4 is 17.3 Å². The molecule has 2 heterocycles. The first-order valence-corrected chi connectivity index (χ1v) is 10.4. The molecule has 0 atom stereocenters. The van der Waals surface area contributed by atoms with Crippen LogP contribution < -0.4 is 20.1 Å². The summed E-state index contributed by atoms with van der Waals surface area (Å²) in [4.78, 5) is 6.09. The second kappa shape index (κ2) is 11.2. The monoisotopic (exact) mass is 413 g/mol. The fourth-order valence-corrected chi connectivity index (χ4v) is 3.55. The van der Waals surface area contributed by atoms with Crippen LogP contribution in [0.25, 0.3) is 0 Å². The van der Waals surface area contributed by atoms with Gasteiger partial charge in [0.2, 0.25) is 0 Å². The largest absolute Gasteiger partial charge is 0.493 e. The Balaban J connectivity index is 1.60. The van der Waals surface area contributed by atoms with E-state index in [0.717, 1.165) is 43.2 Å². The third-order valence-electron chi connectivity index (χ3n) is 4.36. The van der Waals surface area contributed by atoms with Gasteiger partial charge in [0.05, 0.1) is 27.0 Å². The van der Waals surface area contributed by atoms with Crippen molar-refractivity contribution in [2.24, 2.45) is 4.99 Å². The molecule has 0 bridgehead atoms. The molecule has 0 amide bonds. The van der Waals surface area contributed by atoms with Gasteiger partial charge in [-0.2, -0.15) is 0 Å². The first kappa shape index (κ1) is 20.8. The van der Waals surface area contributed by atoms with E-state index in [2.05, 4.69) is 28.1 Å². The number of ether oxygens (including phenoxy) is 2. The molecule has 2 aromatic heterocycles. The molecule has 29 heavy (non-hydrogen) atoms. The van der Waals surface area contributed by atoms with E-state index >= 15 is 0 Å². The summed E-state index contributed by atoms with van der Waals surface area (Å²) in [5, 5.41) is 8.90. The van der Waals surface area contributed by atoms with Crippen LogP contribution in [0.5, 0.6) is 11.5 Å². The van der Waals surface area contributed by atoms with Crippen molar-refractivity contribution in [3.63, 3.8) is 0 Å². The summed E-state index contributed by atoms with van der Waals surface area (Å²) in [7, 11) is 3.27. The van der Waals surface area contributed by atoms with Crippen molar-refractivity contribution in [3.05, 3.63) is 70.3 Å². The third kappa shape index (κ3) is 6.57. The molecule has 0 spiro atoms. The minimum absolute atomic E-state index is 0.537. The lowest BCUT2D eigenvalue weighted by molar-refractivity contribution is 0.354. The molecule has 0 aliphatic carbocycles. The van der Waals surface area contributed by atoms with E-state index in [1.54, 1.807) is 31.8 Å². The summed E-state index contributed by atoms with van der Waals surface area (Å²) in [5.74, 6) is 3.16. The highest BCUT2D eigenvalue weighted by Gasteiger charge is 2.05. The molecule has 0 radical (unpaired) electrons. The average molecular weight is 414 g/mol. The fourth-order valence-electron chi connectivity index (χ4n) is 2.84. The van der Waals surface area contributed by atoms with E-state index in [1.165, 1.54) is 4.88 Å². The molecule has 0 aliphatic rings. The van der Waals surface area contributed by atoms with Crippen molar-refractivity contribution in [1.29, 1.82) is 0 Å². The molecule has 3 aromatic rings. The van der Waals surface area contributed by atoms with Gasteiger partial charge < -0.3 is 24.5 Å². The van der Waals surface area contributed by atoms with Crippen LogP contribution in [0, 0.1) is 0 Å². The van der Waals surface area contributed by atoms with Gasteiger partial charge in [0.25, 0.3) is 0 Å². The Labute approximate surface area is 175 Å². The molecule has 2 N–H and O–H groups in total. The Morgan fingerprint density at radius 2 is 1.83 bits per heavy atom. The van der Waals surface area contributed by atoms with Crippen LogP contribution in [0.15, 0.2) is 63.5 Å². The maximum Gasteiger partial charge on any atom is 0.191 e. The minimum atomic E-state index is 0.537. The summed E-state index contributed by atoms with van der Waals surface area (Å²) in [5.41, 5.74) is 1.05. The van der Waals surface area contributed by atoms with Crippen LogP contribution in [-0.2, 0) is 19.4 Å². The van der Waals surface area contributed by atoms with E-state index in [0.29, 0.717) is 18.0 Å². The molecule has 154 valence electrons. The predicted octanol–water partition coefficient (Wildman–Crippen LogP) is 3.88. The standard InChI is InChI=1S/C22H27N3O3S/c1-26-20-8-7-17(15-21(20)27-2)16-25-22(23-11-9-18-5-3-13-28-18)24-12-10-19-6-4-14-29-19/h3-8,13-15H,9-12,16H2,1-2H3,(H2,23,24,25). The molecule has 0 saturated heterocycles. The van der Waals surface area contributed by atoms with Gasteiger partial charge in [-0.15, -0.1) is 11.3 Å². The zero-order valence-corrected chi connectivity index (χ0v) is 17.6. The number of methoxy groups -OCH3 is 2. The summed E-state index contributed by atoms with van der Waals surface area (Å²) >= 11 is 1.77. The Hall–Kier alpha value is -2.93.